The molecule has 2 heterocycles. The predicted octanol–water partition coefficient (Wildman–Crippen LogP) is 3.21. The van der Waals surface area contributed by atoms with Crippen molar-refractivity contribution in [1.29, 1.82) is 0 Å². The zero-order valence-corrected chi connectivity index (χ0v) is 16.8. The molecule has 0 aliphatic heterocycles. The lowest BCUT2D eigenvalue weighted by molar-refractivity contribution is -0.605. The van der Waals surface area contributed by atoms with E-state index in [4.69, 9.17) is 17.3 Å². The highest BCUT2D eigenvalue weighted by Gasteiger charge is 2.37. The third-order valence-corrected chi connectivity index (χ3v) is 6.24. The molecule has 1 saturated carbocycles. The minimum atomic E-state index is -0.121. The molecule has 6 nitrogen and oxygen atoms in total. The van der Waals surface area contributed by atoms with Gasteiger partial charge in [-0.3, -0.25) is 4.79 Å². The summed E-state index contributed by atoms with van der Waals surface area (Å²) in [6.07, 6.45) is 6.22. The van der Waals surface area contributed by atoms with Gasteiger partial charge in [0.2, 0.25) is 0 Å². The molecule has 3 aromatic rings. The van der Waals surface area contributed by atoms with Crippen molar-refractivity contribution in [3.63, 3.8) is 0 Å². The van der Waals surface area contributed by atoms with Gasteiger partial charge in [-0.15, -0.1) is 0 Å². The number of benzene rings is 1. The van der Waals surface area contributed by atoms with Crippen molar-refractivity contribution in [2.45, 2.75) is 37.1 Å². The molecular formula is C22H23ClN4O2. The second-order valence-corrected chi connectivity index (χ2v) is 8.11. The van der Waals surface area contributed by atoms with Crippen LogP contribution in [0.25, 0.3) is 11.3 Å². The first kappa shape index (κ1) is 19.6. The zero-order valence-electron chi connectivity index (χ0n) is 16.0. The Balaban J connectivity index is 1.59. The molecule has 1 aliphatic rings. The lowest BCUT2D eigenvalue weighted by atomic mass is 9.68. The van der Waals surface area contributed by atoms with E-state index in [1.165, 1.54) is 12.4 Å². The maximum atomic E-state index is 12.5. The van der Waals surface area contributed by atoms with Crippen molar-refractivity contribution in [3.8, 4) is 11.3 Å². The van der Waals surface area contributed by atoms with E-state index in [1.807, 2.05) is 18.2 Å². The number of hydrogen-bond donors (Lipinski definition) is 1. The van der Waals surface area contributed by atoms with Crippen LogP contribution in [0.5, 0.6) is 0 Å². The Hall–Kier alpha value is -2.70. The highest BCUT2D eigenvalue weighted by Crippen LogP contribution is 2.42. The Bertz CT molecular complexity index is 1060. The molecule has 0 spiro atoms. The minimum Gasteiger partial charge on any atom is -0.619 e. The van der Waals surface area contributed by atoms with Crippen molar-refractivity contribution >= 4 is 11.6 Å². The normalized spacial score (nSPS) is 21.8. The van der Waals surface area contributed by atoms with Gasteiger partial charge >= 0.3 is 0 Å². The van der Waals surface area contributed by atoms with Gasteiger partial charge in [0.25, 0.3) is 5.56 Å². The smallest absolute Gasteiger partial charge is 0.267 e. The van der Waals surface area contributed by atoms with Crippen LogP contribution in [0.3, 0.4) is 0 Å². The number of halogens is 1. The predicted molar refractivity (Wildman–Crippen MR) is 113 cm³/mol. The summed E-state index contributed by atoms with van der Waals surface area (Å²) in [5, 5.41) is 16.6. The molecule has 150 valence electrons. The summed E-state index contributed by atoms with van der Waals surface area (Å²) in [4.78, 5) is 12.5. The van der Waals surface area contributed by atoms with Crippen molar-refractivity contribution in [1.82, 2.24) is 9.78 Å². The van der Waals surface area contributed by atoms with Crippen molar-refractivity contribution in [3.05, 3.63) is 87.1 Å². The molecule has 2 N–H and O–H groups in total. The van der Waals surface area contributed by atoms with Crippen LogP contribution in [0.15, 0.2) is 65.7 Å². The van der Waals surface area contributed by atoms with Gasteiger partial charge in [-0.25, -0.2) is 4.68 Å². The number of aromatic nitrogens is 3. The SMILES string of the molecule is NCC1(c2cccc(Cl)c2)CCC(n2nc(-c3cc[n+]([O-])cc3)ccc2=O)CC1. The third-order valence-electron chi connectivity index (χ3n) is 6.01. The summed E-state index contributed by atoms with van der Waals surface area (Å²) in [6, 6.07) is 14.6. The number of rotatable bonds is 4. The van der Waals surface area contributed by atoms with Gasteiger partial charge < -0.3 is 10.9 Å². The van der Waals surface area contributed by atoms with E-state index in [1.54, 1.807) is 28.9 Å². The Kier molecular flexibility index (Phi) is 5.39. The number of nitrogens with zero attached hydrogens (tertiary/aromatic N) is 3. The van der Waals surface area contributed by atoms with E-state index in [0.717, 1.165) is 41.5 Å². The van der Waals surface area contributed by atoms with Gasteiger partial charge in [0.15, 0.2) is 12.4 Å². The first-order chi connectivity index (χ1) is 14.0. The number of pyridine rings is 1. The first-order valence-electron chi connectivity index (χ1n) is 9.76. The van der Waals surface area contributed by atoms with Crippen LogP contribution in [0, 0.1) is 5.21 Å². The standard InChI is InChI=1S/C22H23ClN4O2/c23-18-3-1-2-17(14-18)22(15-24)10-6-19(7-11-22)27-21(28)5-4-20(25-27)16-8-12-26(29)13-9-16/h1-5,8-9,12-14,19H,6-7,10-11,15,24H2. The Labute approximate surface area is 174 Å². The molecule has 0 amide bonds. The summed E-state index contributed by atoms with van der Waals surface area (Å²) < 4.78 is 2.31. The maximum absolute atomic E-state index is 12.5. The van der Waals surface area contributed by atoms with Crippen molar-refractivity contribution in [2.24, 2.45) is 5.73 Å². The molecule has 1 aromatic carbocycles. The molecule has 1 aliphatic carbocycles. The molecule has 0 bridgehead atoms. The molecule has 2 aromatic heterocycles. The maximum Gasteiger partial charge on any atom is 0.267 e. The molecule has 0 radical (unpaired) electrons. The first-order valence-corrected chi connectivity index (χ1v) is 10.1. The van der Waals surface area contributed by atoms with Gasteiger partial charge in [-0.05, 0) is 49.4 Å². The quantitative estimate of drug-likeness (QED) is 0.528. The van der Waals surface area contributed by atoms with Crippen LogP contribution in [-0.4, -0.2) is 16.3 Å². The van der Waals surface area contributed by atoms with E-state index in [2.05, 4.69) is 11.2 Å². The summed E-state index contributed by atoms with van der Waals surface area (Å²) in [6.45, 7) is 0.543. The van der Waals surface area contributed by atoms with Gasteiger partial charge in [0.05, 0.1) is 11.7 Å². The summed E-state index contributed by atoms with van der Waals surface area (Å²) in [5.41, 5.74) is 8.60. The summed E-state index contributed by atoms with van der Waals surface area (Å²) in [7, 11) is 0. The lowest BCUT2D eigenvalue weighted by Gasteiger charge is -2.40. The average Bonchev–Trinajstić information content (AvgIpc) is 2.75. The average molecular weight is 411 g/mol. The van der Waals surface area contributed by atoms with Crippen LogP contribution in [0.4, 0.5) is 0 Å². The molecule has 7 heteroatoms. The van der Waals surface area contributed by atoms with Crippen LogP contribution < -0.4 is 16.0 Å². The van der Waals surface area contributed by atoms with Gasteiger partial charge in [-0.1, -0.05) is 23.7 Å². The van der Waals surface area contributed by atoms with Crippen LogP contribution in [0.1, 0.15) is 37.3 Å². The molecule has 0 unspecified atom stereocenters. The summed E-state index contributed by atoms with van der Waals surface area (Å²) in [5.74, 6) is 0. The Morgan fingerprint density at radius 2 is 1.90 bits per heavy atom. The van der Waals surface area contributed by atoms with E-state index >= 15 is 0 Å². The highest BCUT2D eigenvalue weighted by atomic mass is 35.5. The number of nitrogens with two attached hydrogens (primary N) is 1. The minimum absolute atomic E-state index is 0.0227. The van der Waals surface area contributed by atoms with E-state index in [0.29, 0.717) is 17.3 Å². The fraction of sp³-hybridized carbons (Fsp3) is 0.318. The molecule has 4 rings (SSSR count). The molecular weight excluding hydrogens is 388 g/mol. The topological polar surface area (TPSA) is 87.8 Å². The zero-order chi connectivity index (χ0) is 20.4. The fourth-order valence-electron chi connectivity index (χ4n) is 4.25. The molecule has 29 heavy (non-hydrogen) atoms. The van der Waals surface area contributed by atoms with Crippen LogP contribution in [0.2, 0.25) is 5.02 Å². The highest BCUT2D eigenvalue weighted by molar-refractivity contribution is 6.30. The van der Waals surface area contributed by atoms with E-state index < -0.39 is 0 Å². The fourth-order valence-corrected chi connectivity index (χ4v) is 4.44. The van der Waals surface area contributed by atoms with Crippen molar-refractivity contribution < 1.29 is 4.73 Å². The lowest BCUT2D eigenvalue weighted by Crippen LogP contribution is -2.41. The molecule has 0 atom stereocenters. The summed E-state index contributed by atoms with van der Waals surface area (Å²) >= 11 is 6.20. The monoisotopic (exact) mass is 410 g/mol. The largest absolute Gasteiger partial charge is 0.619 e. The van der Waals surface area contributed by atoms with Gasteiger partial charge in [-0.2, -0.15) is 9.83 Å². The molecule has 1 fully saturated rings. The van der Waals surface area contributed by atoms with E-state index in [-0.39, 0.29) is 17.0 Å². The second-order valence-electron chi connectivity index (χ2n) is 7.67. The van der Waals surface area contributed by atoms with Crippen LogP contribution >= 0.6 is 11.6 Å². The van der Waals surface area contributed by atoms with Crippen LogP contribution in [-0.2, 0) is 5.41 Å². The van der Waals surface area contributed by atoms with Gasteiger partial charge in [0, 0.05) is 40.7 Å². The second kappa shape index (κ2) is 7.97. The van der Waals surface area contributed by atoms with Crippen molar-refractivity contribution in [2.75, 3.05) is 6.54 Å². The van der Waals surface area contributed by atoms with E-state index in [9.17, 15) is 10.0 Å². The van der Waals surface area contributed by atoms with Gasteiger partial charge in [0.1, 0.15) is 0 Å². The number of hydrogen-bond acceptors (Lipinski definition) is 4. The third kappa shape index (κ3) is 3.91. The molecule has 0 saturated heterocycles. The Morgan fingerprint density at radius 3 is 2.55 bits per heavy atom. The Morgan fingerprint density at radius 1 is 1.17 bits per heavy atom.